The molecule has 0 radical (unpaired) electrons. The van der Waals surface area contributed by atoms with Crippen LogP contribution < -0.4 is 19.5 Å². The van der Waals surface area contributed by atoms with Gasteiger partial charge in [-0.15, -0.1) is 0 Å². The zero-order chi connectivity index (χ0) is 21.5. The van der Waals surface area contributed by atoms with Gasteiger partial charge in [0.05, 0.1) is 20.3 Å². The van der Waals surface area contributed by atoms with Crippen LogP contribution in [0.2, 0.25) is 0 Å². The van der Waals surface area contributed by atoms with Crippen molar-refractivity contribution < 1.29 is 14.2 Å². The lowest BCUT2D eigenvalue weighted by molar-refractivity contribution is 0.189. The number of methoxy groups -OCH3 is 2. The van der Waals surface area contributed by atoms with Crippen molar-refractivity contribution in [1.82, 2.24) is 10.2 Å². The highest BCUT2D eigenvalue weighted by Gasteiger charge is 2.29. The average molecular weight is 419 g/mol. The lowest BCUT2D eigenvalue weighted by atomic mass is 9.94. The van der Waals surface area contributed by atoms with E-state index in [0.717, 1.165) is 60.1 Å². The molecule has 1 atom stereocenters. The zero-order valence-electron chi connectivity index (χ0n) is 18.2. The third-order valence-electron chi connectivity index (χ3n) is 5.70. The molecule has 31 heavy (non-hydrogen) atoms. The highest BCUT2D eigenvalue weighted by Crippen LogP contribution is 2.40. The van der Waals surface area contributed by atoms with Gasteiger partial charge in [0.25, 0.3) is 0 Å². The summed E-state index contributed by atoms with van der Waals surface area (Å²) in [5.41, 5.74) is 3.36. The molecule has 0 aromatic heterocycles. The first-order valence-corrected chi connectivity index (χ1v) is 10.7. The van der Waals surface area contributed by atoms with Crippen LogP contribution in [-0.2, 0) is 6.61 Å². The Morgan fingerprint density at radius 3 is 2.29 bits per heavy atom. The van der Waals surface area contributed by atoms with Crippen molar-refractivity contribution >= 4 is 0 Å². The number of para-hydroxylation sites is 1. The van der Waals surface area contributed by atoms with Gasteiger partial charge in [-0.2, -0.15) is 0 Å². The molecule has 0 saturated carbocycles. The van der Waals surface area contributed by atoms with Crippen molar-refractivity contribution in [2.75, 3.05) is 40.4 Å². The number of nitrogens with one attached hydrogen (secondary N) is 1. The molecule has 1 saturated heterocycles. The number of hydrogen-bond acceptors (Lipinski definition) is 5. The fourth-order valence-electron chi connectivity index (χ4n) is 4.13. The zero-order valence-corrected chi connectivity index (χ0v) is 18.2. The molecule has 1 aliphatic rings. The third kappa shape index (κ3) is 5.01. The highest BCUT2D eigenvalue weighted by atomic mass is 16.5. The monoisotopic (exact) mass is 418 g/mol. The van der Waals surface area contributed by atoms with Gasteiger partial charge in [-0.05, 0) is 29.8 Å². The minimum Gasteiger partial charge on any atom is -0.497 e. The molecule has 1 fully saturated rings. The molecule has 162 valence electrons. The van der Waals surface area contributed by atoms with Gasteiger partial charge in [0.1, 0.15) is 23.9 Å². The summed E-state index contributed by atoms with van der Waals surface area (Å²) < 4.78 is 17.6. The average Bonchev–Trinajstić information content (AvgIpc) is 2.85. The van der Waals surface area contributed by atoms with Gasteiger partial charge in [0.15, 0.2) is 0 Å². The largest absolute Gasteiger partial charge is 0.497 e. The van der Waals surface area contributed by atoms with Crippen LogP contribution in [0.25, 0.3) is 0 Å². The second-order valence-electron chi connectivity index (χ2n) is 7.61. The van der Waals surface area contributed by atoms with E-state index < -0.39 is 0 Å². The molecule has 1 aliphatic heterocycles. The highest BCUT2D eigenvalue weighted by molar-refractivity contribution is 5.49. The van der Waals surface area contributed by atoms with Crippen molar-refractivity contribution in [3.63, 3.8) is 0 Å². The van der Waals surface area contributed by atoms with E-state index in [9.17, 15) is 0 Å². The predicted octanol–water partition coefficient (Wildman–Crippen LogP) is 4.28. The van der Waals surface area contributed by atoms with E-state index in [1.54, 1.807) is 14.2 Å². The molecule has 0 amide bonds. The number of ether oxygens (including phenoxy) is 3. The van der Waals surface area contributed by atoms with Crippen LogP contribution in [-0.4, -0.2) is 45.3 Å². The van der Waals surface area contributed by atoms with Crippen molar-refractivity contribution in [1.29, 1.82) is 0 Å². The molecular formula is C26H30N2O3. The molecule has 1 unspecified atom stereocenters. The molecule has 5 heteroatoms. The van der Waals surface area contributed by atoms with Crippen LogP contribution in [0.15, 0.2) is 72.8 Å². The summed E-state index contributed by atoms with van der Waals surface area (Å²) in [6.07, 6.45) is 0. The summed E-state index contributed by atoms with van der Waals surface area (Å²) in [6, 6.07) is 24.6. The standard InChI is InChI=1S/C26H30N2O3/c1-29-21-12-13-24(30-2)23(18-21)26(28-16-14-27-15-17-28)22-10-6-7-11-25(22)31-19-20-8-4-3-5-9-20/h3-13,18,26-27H,14-17,19H2,1-2H3. The van der Waals surface area contributed by atoms with Crippen LogP contribution >= 0.6 is 0 Å². The Hall–Kier alpha value is -3.02. The predicted molar refractivity (Wildman–Crippen MR) is 123 cm³/mol. The van der Waals surface area contributed by atoms with E-state index >= 15 is 0 Å². The maximum absolute atomic E-state index is 6.33. The number of benzene rings is 3. The van der Waals surface area contributed by atoms with Crippen molar-refractivity contribution in [2.24, 2.45) is 0 Å². The Morgan fingerprint density at radius 1 is 0.806 bits per heavy atom. The maximum Gasteiger partial charge on any atom is 0.124 e. The minimum absolute atomic E-state index is 0.000812. The summed E-state index contributed by atoms with van der Waals surface area (Å²) >= 11 is 0. The molecule has 4 rings (SSSR count). The first-order valence-electron chi connectivity index (χ1n) is 10.7. The van der Waals surface area contributed by atoms with Crippen LogP contribution in [0.1, 0.15) is 22.7 Å². The molecule has 1 heterocycles. The molecule has 0 bridgehead atoms. The Labute approximate surface area is 184 Å². The molecule has 5 nitrogen and oxygen atoms in total. The minimum atomic E-state index is -0.000812. The fraction of sp³-hybridized carbons (Fsp3) is 0.308. The lowest BCUT2D eigenvalue weighted by Crippen LogP contribution is -2.45. The first-order chi connectivity index (χ1) is 15.3. The van der Waals surface area contributed by atoms with Gasteiger partial charge in [0, 0.05) is 37.3 Å². The third-order valence-corrected chi connectivity index (χ3v) is 5.70. The van der Waals surface area contributed by atoms with Gasteiger partial charge < -0.3 is 19.5 Å². The van der Waals surface area contributed by atoms with Crippen molar-refractivity contribution in [2.45, 2.75) is 12.6 Å². The van der Waals surface area contributed by atoms with Gasteiger partial charge in [0.2, 0.25) is 0 Å². The van der Waals surface area contributed by atoms with E-state index in [4.69, 9.17) is 14.2 Å². The molecular weight excluding hydrogens is 388 g/mol. The van der Waals surface area contributed by atoms with Crippen LogP contribution in [0.5, 0.6) is 17.2 Å². The number of nitrogens with zero attached hydrogens (tertiary/aromatic N) is 1. The first kappa shape index (κ1) is 21.2. The van der Waals surface area contributed by atoms with E-state index in [2.05, 4.69) is 46.6 Å². The molecule has 3 aromatic carbocycles. The second kappa shape index (κ2) is 10.3. The normalized spacial score (nSPS) is 15.3. The molecule has 0 spiro atoms. The lowest BCUT2D eigenvalue weighted by Gasteiger charge is -2.36. The van der Waals surface area contributed by atoms with Gasteiger partial charge >= 0.3 is 0 Å². The van der Waals surface area contributed by atoms with Crippen LogP contribution in [0.4, 0.5) is 0 Å². The maximum atomic E-state index is 6.33. The number of hydrogen-bond donors (Lipinski definition) is 1. The summed E-state index contributed by atoms with van der Waals surface area (Å²) in [4.78, 5) is 2.48. The Bertz CT molecular complexity index is 971. The van der Waals surface area contributed by atoms with E-state index in [1.165, 1.54) is 0 Å². The van der Waals surface area contributed by atoms with E-state index in [-0.39, 0.29) is 6.04 Å². The SMILES string of the molecule is COc1ccc(OC)c(C(c2ccccc2OCc2ccccc2)N2CCNCC2)c1. The quantitative estimate of drug-likeness (QED) is 0.592. The van der Waals surface area contributed by atoms with Crippen LogP contribution in [0, 0.1) is 0 Å². The molecule has 3 aromatic rings. The van der Waals surface area contributed by atoms with E-state index in [1.807, 2.05) is 36.4 Å². The number of piperazine rings is 1. The van der Waals surface area contributed by atoms with Crippen molar-refractivity contribution in [3.05, 3.63) is 89.5 Å². The summed E-state index contributed by atoms with van der Waals surface area (Å²) in [5, 5.41) is 3.46. The van der Waals surface area contributed by atoms with E-state index in [0.29, 0.717) is 6.61 Å². The summed E-state index contributed by atoms with van der Waals surface area (Å²) in [6.45, 7) is 4.32. The fourth-order valence-corrected chi connectivity index (χ4v) is 4.13. The summed E-state index contributed by atoms with van der Waals surface area (Å²) in [7, 11) is 3.42. The smallest absolute Gasteiger partial charge is 0.124 e. The topological polar surface area (TPSA) is 43.0 Å². The van der Waals surface area contributed by atoms with Gasteiger partial charge in [-0.1, -0.05) is 48.5 Å². The molecule has 1 N–H and O–H groups in total. The Morgan fingerprint density at radius 2 is 1.55 bits per heavy atom. The van der Waals surface area contributed by atoms with Gasteiger partial charge in [-0.3, -0.25) is 4.90 Å². The number of rotatable bonds is 8. The Balaban J connectivity index is 1.75. The van der Waals surface area contributed by atoms with Crippen molar-refractivity contribution in [3.8, 4) is 17.2 Å². The summed E-state index contributed by atoms with van der Waals surface area (Å²) in [5.74, 6) is 2.56. The second-order valence-corrected chi connectivity index (χ2v) is 7.61. The van der Waals surface area contributed by atoms with Crippen LogP contribution in [0.3, 0.4) is 0 Å². The Kier molecular flexibility index (Phi) is 7.07. The molecule has 0 aliphatic carbocycles. The van der Waals surface area contributed by atoms with Gasteiger partial charge in [-0.25, -0.2) is 0 Å².